The van der Waals surface area contributed by atoms with E-state index in [1.165, 1.54) is 0 Å². The molecule has 5 nitrogen and oxygen atoms in total. The Labute approximate surface area is 110 Å². The van der Waals surface area contributed by atoms with Crippen LogP contribution in [-0.4, -0.2) is 46.8 Å². The molecular formula is C13H26O5. The van der Waals surface area contributed by atoms with E-state index < -0.39 is 0 Å². The molecule has 18 heavy (non-hydrogen) atoms. The number of hydrogen-bond donors (Lipinski definition) is 0. The number of ether oxygens (including phenoxy) is 4. The van der Waals surface area contributed by atoms with Gasteiger partial charge in [0.05, 0.1) is 6.61 Å². The van der Waals surface area contributed by atoms with Gasteiger partial charge >= 0.3 is 0 Å². The fraction of sp³-hybridized carbons (Fsp3) is 0.923. The van der Waals surface area contributed by atoms with Crippen LogP contribution in [0.5, 0.6) is 0 Å². The third-order valence-electron chi connectivity index (χ3n) is 2.40. The first kappa shape index (κ1) is 17.4. The van der Waals surface area contributed by atoms with Gasteiger partial charge in [0.25, 0.3) is 6.47 Å². The molecule has 0 atom stereocenters. The van der Waals surface area contributed by atoms with E-state index >= 15 is 0 Å². The zero-order valence-corrected chi connectivity index (χ0v) is 11.4. The Bertz CT molecular complexity index is 163. The Hall–Kier alpha value is -0.650. The highest BCUT2D eigenvalue weighted by Crippen LogP contribution is 1.99. The Balaban J connectivity index is 2.88. The lowest BCUT2D eigenvalue weighted by molar-refractivity contribution is -0.128. The van der Waals surface area contributed by atoms with Crippen LogP contribution in [0.25, 0.3) is 0 Å². The maximum Gasteiger partial charge on any atom is 0.293 e. The molecule has 0 saturated carbocycles. The van der Waals surface area contributed by atoms with E-state index in [1.54, 1.807) is 7.11 Å². The molecule has 0 saturated heterocycles. The maximum atomic E-state index is 9.86. The molecule has 0 aliphatic rings. The summed E-state index contributed by atoms with van der Waals surface area (Å²) in [5.41, 5.74) is 0. The summed E-state index contributed by atoms with van der Waals surface area (Å²) in [5.74, 6) is 0. The Kier molecular flexibility index (Phi) is 15.8. The fourth-order valence-corrected chi connectivity index (χ4v) is 1.44. The standard InChI is InChI=1S/C13H26O5/c1-15-13-18-11-7-3-5-9-16-8-4-2-6-10-17-12-14/h12H,2-11,13H2,1H3. The normalized spacial score (nSPS) is 10.5. The predicted molar refractivity (Wildman–Crippen MR) is 68.4 cm³/mol. The summed E-state index contributed by atoms with van der Waals surface area (Å²) in [5, 5.41) is 0. The van der Waals surface area contributed by atoms with Crippen molar-refractivity contribution in [1.29, 1.82) is 0 Å². The van der Waals surface area contributed by atoms with Crippen LogP contribution in [0.1, 0.15) is 38.5 Å². The van der Waals surface area contributed by atoms with Crippen LogP contribution in [0, 0.1) is 0 Å². The maximum absolute atomic E-state index is 9.86. The van der Waals surface area contributed by atoms with Crippen LogP contribution in [0.15, 0.2) is 0 Å². The zero-order valence-electron chi connectivity index (χ0n) is 11.4. The van der Waals surface area contributed by atoms with Crippen molar-refractivity contribution in [2.75, 3.05) is 40.3 Å². The van der Waals surface area contributed by atoms with Crippen molar-refractivity contribution < 1.29 is 23.7 Å². The van der Waals surface area contributed by atoms with E-state index in [9.17, 15) is 4.79 Å². The SMILES string of the molecule is COCOCCCCCOCCCCCOC=O. The van der Waals surface area contributed by atoms with Crippen LogP contribution in [0.3, 0.4) is 0 Å². The van der Waals surface area contributed by atoms with Crippen LogP contribution in [-0.2, 0) is 23.7 Å². The lowest BCUT2D eigenvalue weighted by Crippen LogP contribution is -2.01. The van der Waals surface area contributed by atoms with Gasteiger partial charge in [-0.15, -0.1) is 0 Å². The topological polar surface area (TPSA) is 54.0 Å². The van der Waals surface area contributed by atoms with Crippen molar-refractivity contribution in [3.05, 3.63) is 0 Å². The van der Waals surface area contributed by atoms with Gasteiger partial charge in [0.2, 0.25) is 0 Å². The first-order chi connectivity index (χ1) is 8.91. The van der Waals surface area contributed by atoms with E-state index in [0.29, 0.717) is 19.9 Å². The van der Waals surface area contributed by atoms with Gasteiger partial charge in [-0.2, -0.15) is 0 Å². The quantitative estimate of drug-likeness (QED) is 0.257. The first-order valence-corrected chi connectivity index (χ1v) is 6.61. The third-order valence-corrected chi connectivity index (χ3v) is 2.40. The molecule has 5 heteroatoms. The van der Waals surface area contributed by atoms with Crippen LogP contribution in [0.4, 0.5) is 0 Å². The largest absolute Gasteiger partial charge is 0.468 e. The van der Waals surface area contributed by atoms with E-state index in [4.69, 9.17) is 14.2 Å². The van der Waals surface area contributed by atoms with Gasteiger partial charge in [0, 0.05) is 26.9 Å². The average molecular weight is 262 g/mol. The number of methoxy groups -OCH3 is 1. The molecule has 0 N–H and O–H groups in total. The average Bonchev–Trinajstić information content (AvgIpc) is 2.39. The number of carbonyl (C=O) groups is 1. The number of hydrogen-bond acceptors (Lipinski definition) is 5. The van der Waals surface area contributed by atoms with Gasteiger partial charge in [-0.05, 0) is 38.5 Å². The minimum atomic E-state index is 0.379. The van der Waals surface area contributed by atoms with Crippen molar-refractivity contribution in [2.24, 2.45) is 0 Å². The molecule has 0 amide bonds. The second-order valence-electron chi connectivity index (χ2n) is 4.02. The summed E-state index contributed by atoms with van der Waals surface area (Å²) in [6.45, 7) is 3.75. The Morgan fingerprint density at radius 3 is 1.89 bits per heavy atom. The monoisotopic (exact) mass is 262 g/mol. The first-order valence-electron chi connectivity index (χ1n) is 6.61. The summed E-state index contributed by atoms with van der Waals surface area (Å²) in [4.78, 5) is 9.86. The summed E-state index contributed by atoms with van der Waals surface area (Å²) < 4.78 is 20.0. The minimum Gasteiger partial charge on any atom is -0.468 e. The summed E-state index contributed by atoms with van der Waals surface area (Å²) in [7, 11) is 1.62. The van der Waals surface area contributed by atoms with Gasteiger partial charge in [-0.25, -0.2) is 0 Å². The molecule has 0 rings (SSSR count). The molecule has 108 valence electrons. The van der Waals surface area contributed by atoms with Gasteiger partial charge in [0.1, 0.15) is 6.79 Å². The zero-order chi connectivity index (χ0) is 13.3. The van der Waals surface area contributed by atoms with Crippen molar-refractivity contribution in [2.45, 2.75) is 38.5 Å². The number of unbranched alkanes of at least 4 members (excludes halogenated alkanes) is 4. The molecule has 0 radical (unpaired) electrons. The molecule has 0 heterocycles. The third kappa shape index (κ3) is 15.4. The lowest BCUT2D eigenvalue weighted by atomic mass is 10.2. The van der Waals surface area contributed by atoms with Crippen molar-refractivity contribution in [1.82, 2.24) is 0 Å². The van der Waals surface area contributed by atoms with Crippen LogP contribution in [0.2, 0.25) is 0 Å². The van der Waals surface area contributed by atoms with Crippen molar-refractivity contribution in [3.63, 3.8) is 0 Å². The van der Waals surface area contributed by atoms with Gasteiger partial charge in [0.15, 0.2) is 0 Å². The fourth-order valence-electron chi connectivity index (χ4n) is 1.44. The molecule has 0 aromatic rings. The Morgan fingerprint density at radius 2 is 1.33 bits per heavy atom. The molecule has 0 bridgehead atoms. The second-order valence-corrected chi connectivity index (χ2v) is 4.02. The molecular weight excluding hydrogens is 236 g/mol. The molecule has 0 aliphatic carbocycles. The minimum absolute atomic E-state index is 0.379. The predicted octanol–water partition coefficient (Wildman–Crippen LogP) is 2.14. The van der Waals surface area contributed by atoms with Gasteiger partial charge in [-0.1, -0.05) is 0 Å². The number of carbonyl (C=O) groups excluding carboxylic acids is 1. The van der Waals surface area contributed by atoms with E-state index in [2.05, 4.69) is 4.74 Å². The highest BCUT2D eigenvalue weighted by molar-refractivity contribution is 5.36. The lowest BCUT2D eigenvalue weighted by Gasteiger charge is -2.05. The highest BCUT2D eigenvalue weighted by Gasteiger charge is 1.93. The number of rotatable bonds is 15. The highest BCUT2D eigenvalue weighted by atomic mass is 16.7. The Morgan fingerprint density at radius 1 is 0.778 bits per heavy atom. The molecule has 0 fully saturated rings. The smallest absolute Gasteiger partial charge is 0.293 e. The molecule has 0 aliphatic heterocycles. The summed E-state index contributed by atoms with van der Waals surface area (Å²) >= 11 is 0. The van der Waals surface area contributed by atoms with E-state index in [0.717, 1.165) is 58.3 Å². The molecule has 0 spiro atoms. The molecule has 0 aromatic carbocycles. The summed E-state index contributed by atoms with van der Waals surface area (Å²) in [6.07, 6.45) is 6.23. The summed E-state index contributed by atoms with van der Waals surface area (Å²) in [6, 6.07) is 0. The van der Waals surface area contributed by atoms with Crippen molar-refractivity contribution in [3.8, 4) is 0 Å². The van der Waals surface area contributed by atoms with Crippen LogP contribution < -0.4 is 0 Å². The van der Waals surface area contributed by atoms with E-state index in [1.807, 2.05) is 0 Å². The second kappa shape index (κ2) is 16.4. The molecule has 0 aromatic heterocycles. The van der Waals surface area contributed by atoms with Gasteiger partial charge < -0.3 is 18.9 Å². The van der Waals surface area contributed by atoms with Crippen LogP contribution >= 0.6 is 0 Å². The van der Waals surface area contributed by atoms with Gasteiger partial charge in [-0.3, -0.25) is 4.79 Å². The molecule has 0 unspecified atom stereocenters. The van der Waals surface area contributed by atoms with E-state index in [-0.39, 0.29) is 0 Å². The van der Waals surface area contributed by atoms with Crippen molar-refractivity contribution >= 4 is 6.47 Å².